The maximum Gasteiger partial charge on any atom is 0.224 e. The molecule has 3 atom stereocenters. The lowest BCUT2D eigenvalue weighted by molar-refractivity contribution is -0.121. The standard InChI is InChI=1S/C6H6N2O/c7-2-5-3-1-4(3)6(9)8-5/h3-5H,1H2,(H,8,9)/t3-,4+,5-/m1/s1. The Morgan fingerprint density at radius 1 is 1.78 bits per heavy atom. The van der Waals surface area contributed by atoms with Crippen molar-refractivity contribution in [2.75, 3.05) is 0 Å². The first kappa shape index (κ1) is 4.80. The molecule has 3 heteroatoms. The Labute approximate surface area is 52.7 Å². The number of fused-ring (bicyclic) bond motifs is 1. The summed E-state index contributed by atoms with van der Waals surface area (Å²) in [6.45, 7) is 0. The van der Waals surface area contributed by atoms with Gasteiger partial charge in [-0.1, -0.05) is 0 Å². The molecule has 0 unspecified atom stereocenters. The van der Waals surface area contributed by atoms with Crippen LogP contribution in [0.3, 0.4) is 0 Å². The molecule has 2 aliphatic rings. The van der Waals surface area contributed by atoms with Crippen molar-refractivity contribution in [1.29, 1.82) is 5.26 Å². The van der Waals surface area contributed by atoms with Crippen LogP contribution in [0, 0.1) is 23.2 Å². The molecule has 3 nitrogen and oxygen atoms in total. The van der Waals surface area contributed by atoms with E-state index in [1.54, 1.807) is 0 Å². The third kappa shape index (κ3) is 0.476. The van der Waals surface area contributed by atoms with Crippen LogP contribution in [0.25, 0.3) is 0 Å². The van der Waals surface area contributed by atoms with Gasteiger partial charge in [-0.05, 0) is 6.42 Å². The van der Waals surface area contributed by atoms with Gasteiger partial charge in [-0.25, -0.2) is 0 Å². The molecule has 1 amide bonds. The van der Waals surface area contributed by atoms with Crippen molar-refractivity contribution in [3.8, 4) is 6.07 Å². The molecule has 0 bridgehead atoms. The Hall–Kier alpha value is -1.04. The highest BCUT2D eigenvalue weighted by Gasteiger charge is 2.54. The average molecular weight is 122 g/mol. The molecule has 1 saturated heterocycles. The van der Waals surface area contributed by atoms with E-state index in [4.69, 9.17) is 5.26 Å². The predicted octanol–water partition coefficient (Wildman–Crippen LogP) is -0.356. The Kier molecular flexibility index (Phi) is 0.677. The second-order valence-corrected chi connectivity index (χ2v) is 2.62. The minimum atomic E-state index is -0.178. The predicted molar refractivity (Wildman–Crippen MR) is 29.1 cm³/mol. The molecule has 1 saturated carbocycles. The molecule has 1 heterocycles. The van der Waals surface area contributed by atoms with Gasteiger partial charge in [0.2, 0.25) is 5.91 Å². The molecule has 2 rings (SSSR count). The number of nitrogens with zero attached hydrogens (tertiary/aromatic N) is 1. The summed E-state index contributed by atoms with van der Waals surface area (Å²) in [5.41, 5.74) is 0. The fourth-order valence-electron chi connectivity index (χ4n) is 1.38. The van der Waals surface area contributed by atoms with E-state index in [1.807, 2.05) is 0 Å². The van der Waals surface area contributed by atoms with E-state index in [-0.39, 0.29) is 17.9 Å². The summed E-state index contributed by atoms with van der Waals surface area (Å²) in [4.78, 5) is 10.7. The fraction of sp³-hybridized carbons (Fsp3) is 0.667. The number of hydrogen-bond donors (Lipinski definition) is 1. The molecule has 0 aromatic heterocycles. The van der Waals surface area contributed by atoms with Crippen molar-refractivity contribution in [2.24, 2.45) is 11.8 Å². The first-order valence-corrected chi connectivity index (χ1v) is 3.03. The highest BCUT2D eigenvalue weighted by Crippen LogP contribution is 2.45. The number of nitrogens with one attached hydrogen (secondary N) is 1. The Bertz CT molecular complexity index is 206. The summed E-state index contributed by atoms with van der Waals surface area (Å²) in [6.07, 6.45) is 0.935. The zero-order valence-electron chi connectivity index (χ0n) is 4.79. The van der Waals surface area contributed by atoms with Crippen molar-refractivity contribution in [3.05, 3.63) is 0 Å². The molecule has 0 spiro atoms. The van der Waals surface area contributed by atoms with Crippen molar-refractivity contribution >= 4 is 5.91 Å². The topological polar surface area (TPSA) is 52.9 Å². The molecule has 0 aromatic carbocycles. The molecule has 1 aliphatic carbocycles. The lowest BCUT2D eigenvalue weighted by Crippen LogP contribution is -2.28. The van der Waals surface area contributed by atoms with Crippen LogP contribution in [0.5, 0.6) is 0 Å². The number of rotatable bonds is 0. The zero-order valence-corrected chi connectivity index (χ0v) is 4.79. The maximum atomic E-state index is 10.7. The minimum Gasteiger partial charge on any atom is -0.340 e. The van der Waals surface area contributed by atoms with E-state index in [9.17, 15) is 4.79 Å². The fourth-order valence-corrected chi connectivity index (χ4v) is 1.38. The molecule has 0 aromatic rings. The Morgan fingerprint density at radius 2 is 2.56 bits per heavy atom. The molecule has 9 heavy (non-hydrogen) atoms. The molecule has 46 valence electrons. The van der Waals surface area contributed by atoms with Crippen LogP contribution in [0.2, 0.25) is 0 Å². The van der Waals surface area contributed by atoms with E-state index in [0.717, 1.165) is 6.42 Å². The normalized spacial score (nSPS) is 45.2. The summed E-state index contributed by atoms with van der Waals surface area (Å²) in [6, 6.07) is 1.88. The van der Waals surface area contributed by atoms with Crippen molar-refractivity contribution in [3.63, 3.8) is 0 Å². The minimum absolute atomic E-state index is 0.0755. The molecule has 1 aliphatic heterocycles. The zero-order chi connectivity index (χ0) is 6.43. The van der Waals surface area contributed by atoms with Gasteiger partial charge in [0, 0.05) is 11.8 Å². The SMILES string of the molecule is N#C[C@H]1NC(=O)[C@H]2C[C@H]21. The number of carbonyl (C=O) groups is 1. The number of carbonyl (C=O) groups excluding carboxylic acids is 1. The van der Waals surface area contributed by atoms with Crippen LogP contribution in [0.4, 0.5) is 0 Å². The Morgan fingerprint density at radius 3 is 2.78 bits per heavy atom. The molecule has 0 radical (unpaired) electrons. The van der Waals surface area contributed by atoms with Gasteiger partial charge in [-0.15, -0.1) is 0 Å². The monoisotopic (exact) mass is 122 g/mol. The van der Waals surface area contributed by atoms with Crippen LogP contribution in [-0.4, -0.2) is 11.9 Å². The quantitative estimate of drug-likeness (QED) is 0.477. The molecule has 2 fully saturated rings. The van der Waals surface area contributed by atoms with Crippen molar-refractivity contribution in [2.45, 2.75) is 12.5 Å². The van der Waals surface area contributed by atoms with E-state index >= 15 is 0 Å². The van der Waals surface area contributed by atoms with Crippen LogP contribution in [-0.2, 0) is 4.79 Å². The van der Waals surface area contributed by atoms with Gasteiger partial charge in [-0.2, -0.15) is 5.26 Å². The lowest BCUT2D eigenvalue weighted by atomic mass is 10.2. The maximum absolute atomic E-state index is 10.7. The first-order valence-electron chi connectivity index (χ1n) is 3.03. The molecular weight excluding hydrogens is 116 g/mol. The van der Waals surface area contributed by atoms with Gasteiger partial charge in [0.05, 0.1) is 6.07 Å². The van der Waals surface area contributed by atoms with E-state index in [1.165, 1.54) is 0 Å². The van der Waals surface area contributed by atoms with E-state index in [0.29, 0.717) is 5.92 Å². The van der Waals surface area contributed by atoms with E-state index in [2.05, 4.69) is 11.4 Å². The second-order valence-electron chi connectivity index (χ2n) is 2.62. The van der Waals surface area contributed by atoms with Crippen LogP contribution in [0.15, 0.2) is 0 Å². The van der Waals surface area contributed by atoms with Gasteiger partial charge in [0.1, 0.15) is 6.04 Å². The first-order chi connectivity index (χ1) is 4.33. The second kappa shape index (κ2) is 1.27. The number of amides is 1. The number of nitriles is 1. The number of hydrogen-bond acceptors (Lipinski definition) is 2. The number of piperidine rings is 1. The van der Waals surface area contributed by atoms with Gasteiger partial charge in [0.15, 0.2) is 0 Å². The van der Waals surface area contributed by atoms with Gasteiger partial charge < -0.3 is 5.32 Å². The molecular formula is C6H6N2O. The van der Waals surface area contributed by atoms with Gasteiger partial charge in [0.25, 0.3) is 0 Å². The third-order valence-electron chi connectivity index (χ3n) is 2.04. The Balaban J connectivity index is 2.19. The summed E-state index contributed by atoms with van der Waals surface area (Å²) in [7, 11) is 0. The van der Waals surface area contributed by atoms with E-state index < -0.39 is 0 Å². The highest BCUT2D eigenvalue weighted by atomic mass is 16.2. The summed E-state index contributed by atoms with van der Waals surface area (Å²) in [5, 5.41) is 11.0. The third-order valence-corrected chi connectivity index (χ3v) is 2.04. The largest absolute Gasteiger partial charge is 0.340 e. The van der Waals surface area contributed by atoms with Crippen LogP contribution < -0.4 is 5.32 Å². The van der Waals surface area contributed by atoms with Crippen LogP contribution in [0.1, 0.15) is 6.42 Å². The summed E-state index contributed by atoms with van der Waals surface area (Å²) < 4.78 is 0. The van der Waals surface area contributed by atoms with Crippen molar-refractivity contribution in [1.82, 2.24) is 5.32 Å². The highest BCUT2D eigenvalue weighted by molar-refractivity contribution is 5.85. The summed E-state index contributed by atoms with van der Waals surface area (Å²) in [5.74, 6) is 0.615. The van der Waals surface area contributed by atoms with Crippen molar-refractivity contribution < 1.29 is 4.79 Å². The average Bonchev–Trinajstić information content (AvgIpc) is 2.56. The van der Waals surface area contributed by atoms with Crippen LogP contribution >= 0.6 is 0 Å². The van der Waals surface area contributed by atoms with Gasteiger partial charge >= 0.3 is 0 Å². The summed E-state index contributed by atoms with van der Waals surface area (Å²) >= 11 is 0. The lowest BCUT2D eigenvalue weighted by Gasteiger charge is -1.99. The smallest absolute Gasteiger partial charge is 0.224 e. The van der Waals surface area contributed by atoms with Gasteiger partial charge in [-0.3, -0.25) is 4.79 Å². The molecule has 1 N–H and O–H groups in total.